The molecule has 0 saturated carbocycles. The van der Waals surface area contributed by atoms with Crippen LogP contribution in [0.3, 0.4) is 0 Å². The van der Waals surface area contributed by atoms with Gasteiger partial charge in [-0.3, -0.25) is 0 Å². The standard InChI is InChI=1S/C14H27N3O/c1-6-10-15-11(7-2)13-17-16-12(18-13)8-9-14(3,4)5/h11,15H,6-10H2,1-5H3. The Bertz CT molecular complexity index is 341. The molecular weight excluding hydrogens is 226 g/mol. The van der Waals surface area contributed by atoms with Crippen molar-refractivity contribution < 1.29 is 4.42 Å². The lowest BCUT2D eigenvalue weighted by Gasteiger charge is -2.16. The molecule has 18 heavy (non-hydrogen) atoms. The number of hydrogen-bond acceptors (Lipinski definition) is 4. The SMILES string of the molecule is CCCNC(CC)c1nnc(CCC(C)(C)C)o1. The molecule has 0 fully saturated rings. The molecule has 1 N–H and O–H groups in total. The molecule has 0 aliphatic heterocycles. The van der Waals surface area contributed by atoms with E-state index in [9.17, 15) is 0 Å². The molecule has 0 amide bonds. The van der Waals surface area contributed by atoms with Crippen molar-refractivity contribution in [3.05, 3.63) is 11.8 Å². The van der Waals surface area contributed by atoms with E-state index in [0.29, 0.717) is 5.41 Å². The summed E-state index contributed by atoms with van der Waals surface area (Å²) in [5, 5.41) is 11.7. The average Bonchev–Trinajstić information content (AvgIpc) is 2.75. The van der Waals surface area contributed by atoms with E-state index in [2.05, 4.69) is 50.1 Å². The zero-order valence-corrected chi connectivity index (χ0v) is 12.4. The average molecular weight is 253 g/mol. The molecule has 0 aliphatic rings. The number of nitrogens with one attached hydrogen (secondary N) is 1. The highest BCUT2D eigenvalue weighted by molar-refractivity contribution is 4.90. The normalized spacial score (nSPS) is 13.8. The van der Waals surface area contributed by atoms with Gasteiger partial charge in [0.15, 0.2) is 0 Å². The van der Waals surface area contributed by atoms with Gasteiger partial charge in [0.25, 0.3) is 0 Å². The molecule has 1 aromatic heterocycles. The minimum atomic E-state index is 0.195. The second kappa shape index (κ2) is 6.88. The Hall–Kier alpha value is -0.900. The van der Waals surface area contributed by atoms with E-state index in [4.69, 9.17) is 4.42 Å². The van der Waals surface area contributed by atoms with Crippen molar-refractivity contribution in [1.82, 2.24) is 15.5 Å². The molecule has 0 spiro atoms. The van der Waals surface area contributed by atoms with Crippen molar-refractivity contribution in [2.45, 2.75) is 66.3 Å². The summed E-state index contributed by atoms with van der Waals surface area (Å²) < 4.78 is 5.74. The topological polar surface area (TPSA) is 51.0 Å². The van der Waals surface area contributed by atoms with Crippen LogP contribution >= 0.6 is 0 Å². The highest BCUT2D eigenvalue weighted by Gasteiger charge is 2.17. The first kappa shape index (κ1) is 15.2. The van der Waals surface area contributed by atoms with Crippen LogP contribution < -0.4 is 5.32 Å². The van der Waals surface area contributed by atoms with Gasteiger partial charge in [0.2, 0.25) is 11.8 Å². The van der Waals surface area contributed by atoms with Gasteiger partial charge >= 0.3 is 0 Å². The van der Waals surface area contributed by atoms with E-state index in [1.54, 1.807) is 0 Å². The zero-order valence-electron chi connectivity index (χ0n) is 12.4. The molecule has 4 nitrogen and oxygen atoms in total. The van der Waals surface area contributed by atoms with Crippen molar-refractivity contribution in [2.24, 2.45) is 5.41 Å². The van der Waals surface area contributed by atoms with E-state index < -0.39 is 0 Å². The largest absolute Gasteiger partial charge is 0.424 e. The van der Waals surface area contributed by atoms with Crippen LogP contribution in [0.1, 0.15) is 71.7 Å². The Kier molecular flexibility index (Phi) is 5.79. The summed E-state index contributed by atoms with van der Waals surface area (Å²) in [4.78, 5) is 0. The highest BCUT2D eigenvalue weighted by Crippen LogP contribution is 2.22. The molecule has 0 saturated heterocycles. The maximum atomic E-state index is 5.74. The first-order valence-electron chi connectivity index (χ1n) is 7.02. The maximum absolute atomic E-state index is 5.74. The van der Waals surface area contributed by atoms with Crippen LogP contribution in [0.2, 0.25) is 0 Å². The molecule has 104 valence electrons. The summed E-state index contributed by atoms with van der Waals surface area (Å²) in [7, 11) is 0. The van der Waals surface area contributed by atoms with Crippen molar-refractivity contribution in [3.8, 4) is 0 Å². The first-order chi connectivity index (χ1) is 8.46. The van der Waals surface area contributed by atoms with Gasteiger partial charge in [-0.15, -0.1) is 10.2 Å². The van der Waals surface area contributed by atoms with E-state index in [-0.39, 0.29) is 6.04 Å². The number of aryl methyl sites for hydroxylation is 1. The van der Waals surface area contributed by atoms with Gasteiger partial charge in [0, 0.05) is 6.42 Å². The quantitative estimate of drug-likeness (QED) is 0.808. The fourth-order valence-corrected chi connectivity index (χ4v) is 1.72. The Balaban J connectivity index is 2.55. The molecule has 0 radical (unpaired) electrons. The summed E-state index contributed by atoms with van der Waals surface area (Å²) >= 11 is 0. The van der Waals surface area contributed by atoms with Crippen LogP contribution in [-0.2, 0) is 6.42 Å². The fraction of sp³-hybridized carbons (Fsp3) is 0.857. The van der Waals surface area contributed by atoms with E-state index in [1.807, 2.05) is 0 Å². The van der Waals surface area contributed by atoms with E-state index in [1.165, 1.54) is 0 Å². The number of nitrogens with zero attached hydrogens (tertiary/aromatic N) is 2. The lowest BCUT2D eigenvalue weighted by molar-refractivity contribution is 0.334. The van der Waals surface area contributed by atoms with Gasteiger partial charge in [0.05, 0.1) is 6.04 Å². The highest BCUT2D eigenvalue weighted by atomic mass is 16.4. The lowest BCUT2D eigenvalue weighted by Crippen LogP contribution is -2.21. The minimum Gasteiger partial charge on any atom is -0.424 e. The number of hydrogen-bond donors (Lipinski definition) is 1. The predicted octanol–water partition coefficient (Wildman–Crippen LogP) is 3.50. The third kappa shape index (κ3) is 5.17. The van der Waals surface area contributed by atoms with Gasteiger partial charge in [0.1, 0.15) is 0 Å². The summed E-state index contributed by atoms with van der Waals surface area (Å²) in [5.41, 5.74) is 0.305. The van der Waals surface area contributed by atoms with Crippen molar-refractivity contribution in [1.29, 1.82) is 0 Å². The maximum Gasteiger partial charge on any atom is 0.233 e. The van der Waals surface area contributed by atoms with Crippen molar-refractivity contribution in [3.63, 3.8) is 0 Å². The van der Waals surface area contributed by atoms with Gasteiger partial charge < -0.3 is 9.73 Å². The third-order valence-electron chi connectivity index (χ3n) is 2.92. The molecule has 1 aromatic rings. The lowest BCUT2D eigenvalue weighted by atomic mass is 9.91. The summed E-state index contributed by atoms with van der Waals surface area (Å²) in [6, 6.07) is 0.195. The Labute approximate surface area is 111 Å². The summed E-state index contributed by atoms with van der Waals surface area (Å²) in [6.07, 6.45) is 4.01. The molecule has 1 rings (SSSR count). The first-order valence-corrected chi connectivity index (χ1v) is 7.02. The molecule has 4 heteroatoms. The van der Waals surface area contributed by atoms with Crippen LogP contribution in [0.15, 0.2) is 4.42 Å². The molecular formula is C14H27N3O. The zero-order chi connectivity index (χ0) is 13.6. The molecule has 1 heterocycles. The Morgan fingerprint density at radius 2 is 1.94 bits per heavy atom. The predicted molar refractivity (Wildman–Crippen MR) is 73.4 cm³/mol. The second-order valence-electron chi connectivity index (χ2n) is 6.01. The monoisotopic (exact) mass is 253 g/mol. The number of rotatable bonds is 7. The number of aromatic nitrogens is 2. The van der Waals surface area contributed by atoms with Crippen LogP contribution in [0, 0.1) is 5.41 Å². The fourth-order valence-electron chi connectivity index (χ4n) is 1.72. The third-order valence-corrected chi connectivity index (χ3v) is 2.92. The smallest absolute Gasteiger partial charge is 0.233 e. The van der Waals surface area contributed by atoms with Crippen molar-refractivity contribution in [2.75, 3.05) is 6.54 Å². The molecule has 0 bridgehead atoms. The summed E-state index contributed by atoms with van der Waals surface area (Å²) in [5.74, 6) is 1.49. The van der Waals surface area contributed by atoms with Crippen molar-refractivity contribution >= 4 is 0 Å². The van der Waals surface area contributed by atoms with Gasteiger partial charge in [-0.1, -0.05) is 34.6 Å². The minimum absolute atomic E-state index is 0.195. The molecule has 0 aromatic carbocycles. The van der Waals surface area contributed by atoms with Crippen LogP contribution in [0.5, 0.6) is 0 Å². The van der Waals surface area contributed by atoms with Gasteiger partial charge in [-0.25, -0.2) is 0 Å². The van der Waals surface area contributed by atoms with E-state index >= 15 is 0 Å². The van der Waals surface area contributed by atoms with Crippen LogP contribution in [0.4, 0.5) is 0 Å². The molecule has 1 atom stereocenters. The Morgan fingerprint density at radius 3 is 2.50 bits per heavy atom. The summed E-state index contributed by atoms with van der Waals surface area (Å²) in [6.45, 7) is 11.9. The van der Waals surface area contributed by atoms with Gasteiger partial charge in [-0.05, 0) is 31.2 Å². The molecule has 0 aliphatic carbocycles. The van der Waals surface area contributed by atoms with Gasteiger partial charge in [-0.2, -0.15) is 0 Å². The van der Waals surface area contributed by atoms with Crippen LogP contribution in [-0.4, -0.2) is 16.7 Å². The van der Waals surface area contributed by atoms with E-state index in [0.717, 1.165) is 44.0 Å². The second-order valence-corrected chi connectivity index (χ2v) is 6.01. The Morgan fingerprint density at radius 1 is 1.22 bits per heavy atom. The van der Waals surface area contributed by atoms with Crippen LogP contribution in [0.25, 0.3) is 0 Å². The molecule has 1 unspecified atom stereocenters.